The summed E-state index contributed by atoms with van der Waals surface area (Å²) < 4.78 is 14.2. The third kappa shape index (κ3) is 7.10. The number of likely N-dealkylation sites (tertiary alicyclic amines) is 1. The number of carbonyl (C=O) groups is 2. The van der Waals surface area contributed by atoms with Gasteiger partial charge in [0.1, 0.15) is 5.82 Å². The van der Waals surface area contributed by atoms with Crippen LogP contribution in [0.1, 0.15) is 28.8 Å². The molecule has 1 N–H and O–H groups in total. The van der Waals surface area contributed by atoms with E-state index in [1.165, 1.54) is 19.2 Å². The molecule has 0 saturated carbocycles. The summed E-state index contributed by atoms with van der Waals surface area (Å²) >= 11 is 12.2. The molecule has 39 heavy (non-hydrogen) atoms. The van der Waals surface area contributed by atoms with E-state index in [4.69, 9.17) is 23.2 Å². The maximum absolute atomic E-state index is 14.2. The minimum atomic E-state index is -0.463. The van der Waals surface area contributed by atoms with E-state index in [0.29, 0.717) is 22.0 Å². The molecule has 4 rings (SSSR count). The second-order valence-electron chi connectivity index (χ2n) is 9.89. The van der Waals surface area contributed by atoms with E-state index in [1.54, 1.807) is 18.2 Å². The second kappa shape index (κ2) is 12.8. The molecule has 2 amide bonds. The van der Waals surface area contributed by atoms with Crippen molar-refractivity contribution in [2.75, 3.05) is 45.7 Å². The van der Waals surface area contributed by atoms with Gasteiger partial charge in [-0.3, -0.25) is 14.5 Å². The predicted molar refractivity (Wildman–Crippen MR) is 156 cm³/mol. The quantitative estimate of drug-likeness (QED) is 0.357. The van der Waals surface area contributed by atoms with Crippen LogP contribution in [0.25, 0.3) is 11.1 Å². The maximum atomic E-state index is 14.2. The van der Waals surface area contributed by atoms with Gasteiger partial charge in [-0.25, -0.2) is 4.39 Å². The zero-order valence-electron chi connectivity index (χ0n) is 22.4. The summed E-state index contributed by atoms with van der Waals surface area (Å²) in [6.07, 6.45) is 2.77. The van der Waals surface area contributed by atoms with Gasteiger partial charge in [-0.15, -0.1) is 0 Å². The second-order valence-corrected chi connectivity index (χ2v) is 10.7. The summed E-state index contributed by atoms with van der Waals surface area (Å²) in [4.78, 5) is 31.4. The van der Waals surface area contributed by atoms with E-state index in [9.17, 15) is 14.0 Å². The van der Waals surface area contributed by atoms with E-state index < -0.39 is 5.82 Å². The van der Waals surface area contributed by atoms with Gasteiger partial charge in [-0.1, -0.05) is 47.5 Å². The van der Waals surface area contributed by atoms with Crippen molar-refractivity contribution < 1.29 is 14.0 Å². The van der Waals surface area contributed by atoms with Crippen LogP contribution in [0, 0.1) is 5.82 Å². The molecule has 0 radical (unpaired) electrons. The minimum Gasteiger partial charge on any atom is -0.365 e. The van der Waals surface area contributed by atoms with Crippen LogP contribution < -0.4 is 10.2 Å². The van der Waals surface area contributed by atoms with E-state index in [2.05, 4.69) is 10.2 Å². The van der Waals surface area contributed by atoms with Gasteiger partial charge in [0.2, 0.25) is 5.91 Å². The highest BCUT2D eigenvalue weighted by Crippen LogP contribution is 2.27. The van der Waals surface area contributed by atoms with Gasteiger partial charge in [-0.2, -0.15) is 0 Å². The molecule has 0 aliphatic carbocycles. The topological polar surface area (TPSA) is 55.9 Å². The number of amides is 2. The van der Waals surface area contributed by atoms with Crippen molar-refractivity contribution in [2.24, 2.45) is 0 Å². The standard InChI is InChI=1S/C30H33Cl2FN4O2/c1-34-30(39)23-15-22(16-24(33)17-23)21-8-6-20(7-9-21)14-28(37-12-4-5-13-37)36(3)29(38)19-35(2)25-10-11-26(31)27(32)18-25/h6-11,15-18,28H,4-5,12-14,19H2,1-3H3,(H,34,39). The number of likely N-dealkylation sites (N-methyl/N-ethyl adjacent to an activating group) is 2. The fourth-order valence-electron chi connectivity index (χ4n) is 4.92. The molecular weight excluding hydrogens is 538 g/mol. The first-order chi connectivity index (χ1) is 18.7. The molecule has 1 heterocycles. The first kappa shape index (κ1) is 28.9. The highest BCUT2D eigenvalue weighted by Gasteiger charge is 2.29. The fraction of sp³-hybridized carbons (Fsp3) is 0.333. The maximum Gasteiger partial charge on any atom is 0.251 e. The normalized spacial score (nSPS) is 14.2. The lowest BCUT2D eigenvalue weighted by atomic mass is 9.99. The Morgan fingerprint density at radius 1 is 0.949 bits per heavy atom. The van der Waals surface area contributed by atoms with E-state index in [0.717, 1.165) is 42.7 Å². The van der Waals surface area contributed by atoms with E-state index >= 15 is 0 Å². The van der Waals surface area contributed by atoms with Gasteiger partial charge in [0.15, 0.2) is 0 Å². The minimum absolute atomic E-state index is 0.00131. The molecule has 1 saturated heterocycles. The van der Waals surface area contributed by atoms with Crippen molar-refractivity contribution in [2.45, 2.75) is 25.4 Å². The van der Waals surface area contributed by atoms with Gasteiger partial charge in [0.25, 0.3) is 5.91 Å². The van der Waals surface area contributed by atoms with Crippen LogP contribution in [0.4, 0.5) is 10.1 Å². The van der Waals surface area contributed by atoms with Gasteiger partial charge in [0, 0.05) is 51.9 Å². The van der Waals surface area contributed by atoms with Crippen LogP contribution in [0.15, 0.2) is 60.7 Å². The van der Waals surface area contributed by atoms with Crippen molar-refractivity contribution in [3.63, 3.8) is 0 Å². The average molecular weight is 572 g/mol. The molecule has 9 heteroatoms. The third-order valence-electron chi connectivity index (χ3n) is 7.21. The number of hydrogen-bond acceptors (Lipinski definition) is 4. The largest absolute Gasteiger partial charge is 0.365 e. The molecule has 1 unspecified atom stereocenters. The van der Waals surface area contributed by atoms with Crippen molar-refractivity contribution in [3.8, 4) is 11.1 Å². The molecule has 1 atom stereocenters. The first-order valence-electron chi connectivity index (χ1n) is 12.9. The Morgan fingerprint density at radius 2 is 1.64 bits per heavy atom. The van der Waals surface area contributed by atoms with Gasteiger partial charge >= 0.3 is 0 Å². The van der Waals surface area contributed by atoms with Crippen LogP contribution >= 0.6 is 23.2 Å². The Kier molecular flexibility index (Phi) is 9.49. The lowest BCUT2D eigenvalue weighted by Gasteiger charge is -2.36. The van der Waals surface area contributed by atoms with Gasteiger partial charge < -0.3 is 15.1 Å². The number of halogens is 3. The van der Waals surface area contributed by atoms with Crippen LogP contribution in [0.5, 0.6) is 0 Å². The van der Waals surface area contributed by atoms with Crippen LogP contribution in [0.3, 0.4) is 0 Å². The predicted octanol–water partition coefficient (Wildman–Crippen LogP) is 5.72. The highest BCUT2D eigenvalue weighted by atomic mass is 35.5. The van der Waals surface area contributed by atoms with Crippen molar-refractivity contribution in [1.29, 1.82) is 0 Å². The first-order valence-corrected chi connectivity index (χ1v) is 13.7. The SMILES string of the molecule is CNC(=O)c1cc(F)cc(-c2ccc(CC(N3CCCC3)N(C)C(=O)CN(C)c3ccc(Cl)c(Cl)c3)cc2)c1. The summed E-state index contributed by atoms with van der Waals surface area (Å²) in [6, 6.07) is 17.5. The molecule has 1 aliphatic rings. The van der Waals surface area contributed by atoms with Crippen LogP contribution in [0.2, 0.25) is 10.0 Å². The number of nitrogens with zero attached hydrogens (tertiary/aromatic N) is 3. The van der Waals surface area contributed by atoms with Crippen LogP contribution in [-0.4, -0.2) is 68.6 Å². The molecule has 0 bridgehead atoms. The molecule has 1 fully saturated rings. The lowest BCUT2D eigenvalue weighted by molar-refractivity contribution is -0.133. The fourth-order valence-corrected chi connectivity index (χ4v) is 5.21. The lowest BCUT2D eigenvalue weighted by Crippen LogP contribution is -2.51. The molecular formula is C30H33Cl2FN4O2. The number of carbonyl (C=O) groups excluding carboxylic acids is 2. The van der Waals surface area contributed by atoms with E-state index in [1.807, 2.05) is 54.2 Å². The Balaban J connectivity index is 1.49. The molecule has 6 nitrogen and oxygen atoms in total. The molecule has 1 aliphatic heterocycles. The Morgan fingerprint density at radius 3 is 2.28 bits per heavy atom. The van der Waals surface area contributed by atoms with Gasteiger partial charge in [0.05, 0.1) is 22.8 Å². The molecule has 0 spiro atoms. The number of anilines is 1. The Bertz CT molecular complexity index is 1330. The van der Waals surface area contributed by atoms with Crippen LogP contribution in [-0.2, 0) is 11.2 Å². The third-order valence-corrected chi connectivity index (χ3v) is 7.95. The monoisotopic (exact) mass is 570 g/mol. The van der Waals surface area contributed by atoms with Crippen molar-refractivity contribution >= 4 is 40.7 Å². The number of benzene rings is 3. The summed E-state index contributed by atoms with van der Waals surface area (Å²) in [6.45, 7) is 2.08. The zero-order chi connectivity index (χ0) is 28.1. The van der Waals surface area contributed by atoms with Crippen molar-refractivity contribution in [3.05, 3.63) is 87.7 Å². The molecule has 206 valence electrons. The van der Waals surface area contributed by atoms with E-state index in [-0.39, 0.29) is 30.1 Å². The molecule has 0 aromatic heterocycles. The molecule has 3 aromatic rings. The van der Waals surface area contributed by atoms with Crippen molar-refractivity contribution in [1.82, 2.24) is 15.1 Å². The number of rotatable bonds is 9. The number of nitrogens with one attached hydrogen (secondary N) is 1. The zero-order valence-corrected chi connectivity index (χ0v) is 23.9. The summed E-state index contributed by atoms with van der Waals surface area (Å²) in [7, 11) is 5.23. The highest BCUT2D eigenvalue weighted by molar-refractivity contribution is 6.42. The summed E-state index contributed by atoms with van der Waals surface area (Å²) in [5, 5.41) is 3.45. The smallest absolute Gasteiger partial charge is 0.251 e. The van der Waals surface area contributed by atoms with Gasteiger partial charge in [-0.05, 0) is 65.9 Å². The average Bonchev–Trinajstić information content (AvgIpc) is 3.47. The Labute approximate surface area is 239 Å². The Hall–Kier alpha value is -3.13. The number of hydrogen-bond donors (Lipinski definition) is 1. The summed E-state index contributed by atoms with van der Waals surface area (Å²) in [5.41, 5.74) is 3.60. The summed E-state index contributed by atoms with van der Waals surface area (Å²) in [5.74, 6) is -0.799. The molecule has 3 aromatic carbocycles.